The monoisotopic (exact) mass is 357 g/mol. The van der Waals surface area contributed by atoms with Crippen LogP contribution in [0.5, 0.6) is 0 Å². The molecule has 0 bridgehead atoms. The number of carbonyl (C=O) groups excluding carboxylic acids is 1. The molecule has 1 aliphatic rings. The van der Waals surface area contributed by atoms with Gasteiger partial charge in [0.25, 0.3) is 0 Å². The van der Waals surface area contributed by atoms with Crippen LogP contribution in [-0.2, 0) is 16.0 Å². The van der Waals surface area contributed by atoms with Gasteiger partial charge in [0, 0.05) is 22.0 Å². The highest BCUT2D eigenvalue weighted by molar-refractivity contribution is 6.35. The Labute approximate surface area is 146 Å². The van der Waals surface area contributed by atoms with Crippen LogP contribution >= 0.6 is 23.2 Å². The van der Waals surface area contributed by atoms with E-state index < -0.39 is 5.97 Å². The predicted octanol–water partition coefficient (Wildman–Crippen LogP) is 3.93. The minimum atomic E-state index is -0.755. The normalized spacial score (nSPS) is 22.4. The van der Waals surface area contributed by atoms with Gasteiger partial charge in [-0.3, -0.25) is 9.59 Å². The Morgan fingerprint density at radius 1 is 1.22 bits per heavy atom. The molecule has 1 aromatic carbocycles. The summed E-state index contributed by atoms with van der Waals surface area (Å²) in [4.78, 5) is 23.2. The van der Waals surface area contributed by atoms with Crippen LogP contribution in [0.4, 0.5) is 0 Å². The lowest BCUT2D eigenvalue weighted by atomic mass is 9.81. The van der Waals surface area contributed by atoms with Crippen molar-refractivity contribution in [3.63, 3.8) is 0 Å². The molecule has 0 radical (unpaired) electrons. The van der Waals surface area contributed by atoms with Crippen LogP contribution in [0.2, 0.25) is 10.0 Å². The Hall–Kier alpha value is -1.26. The van der Waals surface area contributed by atoms with E-state index in [1.54, 1.807) is 12.1 Å². The third-order valence-corrected chi connectivity index (χ3v) is 4.96. The molecule has 126 valence electrons. The van der Waals surface area contributed by atoms with E-state index in [4.69, 9.17) is 28.3 Å². The SMILES string of the molecule is CC(Cc1ccc(Cl)cc1Cl)NC(=O)C1CCC(C(=O)O)CC1. The maximum absolute atomic E-state index is 12.3. The summed E-state index contributed by atoms with van der Waals surface area (Å²) in [6.45, 7) is 1.94. The van der Waals surface area contributed by atoms with Crippen LogP contribution in [0.3, 0.4) is 0 Å². The number of hydrogen-bond acceptors (Lipinski definition) is 2. The van der Waals surface area contributed by atoms with Crippen molar-refractivity contribution in [1.29, 1.82) is 0 Å². The lowest BCUT2D eigenvalue weighted by Gasteiger charge is -2.26. The topological polar surface area (TPSA) is 66.4 Å². The van der Waals surface area contributed by atoms with Crippen LogP contribution in [0.25, 0.3) is 0 Å². The maximum Gasteiger partial charge on any atom is 0.306 e. The molecule has 23 heavy (non-hydrogen) atoms. The van der Waals surface area contributed by atoms with Gasteiger partial charge in [-0.1, -0.05) is 29.3 Å². The largest absolute Gasteiger partial charge is 0.481 e. The second kappa shape index (κ2) is 8.02. The molecular weight excluding hydrogens is 337 g/mol. The first-order chi connectivity index (χ1) is 10.9. The molecular formula is C17H21Cl2NO3. The van der Waals surface area contributed by atoms with Gasteiger partial charge in [0.05, 0.1) is 5.92 Å². The number of aliphatic carboxylic acids is 1. The third-order valence-electron chi connectivity index (χ3n) is 4.38. The van der Waals surface area contributed by atoms with Crippen molar-refractivity contribution in [2.24, 2.45) is 11.8 Å². The highest BCUT2D eigenvalue weighted by atomic mass is 35.5. The Balaban J connectivity index is 1.84. The fourth-order valence-electron chi connectivity index (χ4n) is 3.03. The Bertz CT molecular complexity index is 583. The summed E-state index contributed by atoms with van der Waals surface area (Å²) in [6.07, 6.45) is 3.05. The van der Waals surface area contributed by atoms with E-state index in [0.717, 1.165) is 5.56 Å². The van der Waals surface area contributed by atoms with Crippen molar-refractivity contribution in [2.75, 3.05) is 0 Å². The second-order valence-electron chi connectivity index (χ2n) is 6.24. The molecule has 0 heterocycles. The zero-order valence-corrected chi connectivity index (χ0v) is 14.5. The number of halogens is 2. The Morgan fingerprint density at radius 3 is 2.39 bits per heavy atom. The minimum absolute atomic E-state index is 0.00595. The van der Waals surface area contributed by atoms with Gasteiger partial charge in [-0.05, 0) is 56.7 Å². The summed E-state index contributed by atoms with van der Waals surface area (Å²) < 4.78 is 0. The highest BCUT2D eigenvalue weighted by Crippen LogP contribution is 2.29. The van der Waals surface area contributed by atoms with Gasteiger partial charge < -0.3 is 10.4 Å². The molecule has 1 aliphatic carbocycles. The Kier molecular flexibility index (Phi) is 6.31. The van der Waals surface area contributed by atoms with Gasteiger partial charge >= 0.3 is 5.97 Å². The maximum atomic E-state index is 12.3. The van der Waals surface area contributed by atoms with E-state index in [-0.39, 0.29) is 23.8 Å². The average molecular weight is 358 g/mol. The molecule has 1 atom stereocenters. The van der Waals surface area contributed by atoms with Gasteiger partial charge in [0.1, 0.15) is 0 Å². The molecule has 1 amide bonds. The zero-order chi connectivity index (χ0) is 17.0. The standard InChI is InChI=1S/C17H21Cl2NO3/c1-10(8-13-6-7-14(18)9-15(13)19)20-16(21)11-2-4-12(5-3-11)17(22)23/h6-7,9-12H,2-5,8H2,1H3,(H,20,21)(H,22,23). The smallest absolute Gasteiger partial charge is 0.306 e. The molecule has 0 spiro atoms. The second-order valence-corrected chi connectivity index (χ2v) is 7.08. The molecule has 1 aromatic rings. The van der Waals surface area contributed by atoms with Gasteiger partial charge in [0.2, 0.25) is 5.91 Å². The van der Waals surface area contributed by atoms with Gasteiger partial charge in [-0.15, -0.1) is 0 Å². The summed E-state index contributed by atoms with van der Waals surface area (Å²) in [5, 5.41) is 13.2. The molecule has 0 aromatic heterocycles. The van der Waals surface area contributed by atoms with Crippen molar-refractivity contribution < 1.29 is 14.7 Å². The number of rotatable bonds is 5. The van der Waals surface area contributed by atoms with Gasteiger partial charge in [-0.2, -0.15) is 0 Å². The number of hydrogen-bond donors (Lipinski definition) is 2. The minimum Gasteiger partial charge on any atom is -0.481 e. The van der Waals surface area contributed by atoms with Gasteiger partial charge in [-0.25, -0.2) is 0 Å². The summed E-state index contributed by atoms with van der Waals surface area (Å²) in [6, 6.07) is 5.30. The zero-order valence-electron chi connectivity index (χ0n) is 13.0. The first-order valence-electron chi connectivity index (χ1n) is 7.84. The number of amides is 1. The van der Waals surface area contributed by atoms with Crippen LogP contribution < -0.4 is 5.32 Å². The molecule has 0 aliphatic heterocycles. The molecule has 4 nitrogen and oxygen atoms in total. The molecule has 1 saturated carbocycles. The summed E-state index contributed by atoms with van der Waals surface area (Å²) in [7, 11) is 0. The fourth-order valence-corrected chi connectivity index (χ4v) is 3.52. The lowest BCUT2D eigenvalue weighted by Crippen LogP contribution is -2.40. The number of nitrogens with one attached hydrogen (secondary N) is 1. The molecule has 2 rings (SSSR count). The van der Waals surface area contributed by atoms with Crippen molar-refractivity contribution >= 4 is 35.1 Å². The van der Waals surface area contributed by atoms with E-state index in [2.05, 4.69) is 5.32 Å². The fraction of sp³-hybridized carbons (Fsp3) is 0.529. The first kappa shape index (κ1) is 18.1. The quantitative estimate of drug-likeness (QED) is 0.838. The Morgan fingerprint density at radius 2 is 1.83 bits per heavy atom. The molecule has 1 fully saturated rings. The highest BCUT2D eigenvalue weighted by Gasteiger charge is 2.30. The van der Waals surface area contributed by atoms with E-state index in [1.165, 1.54) is 0 Å². The van der Waals surface area contributed by atoms with Crippen molar-refractivity contribution in [3.05, 3.63) is 33.8 Å². The number of carboxylic acids is 1. The van der Waals surface area contributed by atoms with E-state index in [9.17, 15) is 9.59 Å². The molecule has 1 unspecified atom stereocenters. The van der Waals surface area contributed by atoms with Crippen molar-refractivity contribution in [1.82, 2.24) is 5.32 Å². The number of carbonyl (C=O) groups is 2. The molecule has 6 heteroatoms. The van der Waals surface area contributed by atoms with Crippen molar-refractivity contribution in [3.8, 4) is 0 Å². The van der Waals surface area contributed by atoms with E-state index in [1.807, 2.05) is 13.0 Å². The van der Waals surface area contributed by atoms with Crippen LogP contribution in [0.15, 0.2) is 18.2 Å². The third kappa shape index (κ3) is 5.11. The van der Waals surface area contributed by atoms with E-state index >= 15 is 0 Å². The number of carboxylic acid groups (broad SMARTS) is 1. The van der Waals surface area contributed by atoms with Crippen molar-refractivity contribution in [2.45, 2.75) is 45.1 Å². The first-order valence-corrected chi connectivity index (χ1v) is 8.59. The van der Waals surface area contributed by atoms with Crippen LogP contribution in [0.1, 0.15) is 38.2 Å². The summed E-state index contributed by atoms with van der Waals surface area (Å²) in [5.74, 6) is -1.14. The van der Waals surface area contributed by atoms with Gasteiger partial charge in [0.15, 0.2) is 0 Å². The average Bonchev–Trinajstić information content (AvgIpc) is 2.50. The predicted molar refractivity (Wildman–Crippen MR) is 90.9 cm³/mol. The summed E-state index contributed by atoms with van der Waals surface area (Å²) >= 11 is 12.0. The molecule has 0 saturated heterocycles. The number of benzene rings is 1. The van der Waals surface area contributed by atoms with E-state index in [0.29, 0.717) is 42.1 Å². The van der Waals surface area contributed by atoms with Crippen LogP contribution in [-0.4, -0.2) is 23.0 Å². The molecule has 2 N–H and O–H groups in total. The lowest BCUT2D eigenvalue weighted by molar-refractivity contribution is -0.144. The van der Waals surface area contributed by atoms with Crippen LogP contribution in [0, 0.1) is 11.8 Å². The summed E-state index contributed by atoms with van der Waals surface area (Å²) in [5.41, 5.74) is 0.943.